The molecule has 1 rings (SSSR count). The van der Waals surface area contributed by atoms with E-state index in [9.17, 15) is 4.79 Å². The molecule has 0 saturated heterocycles. The van der Waals surface area contributed by atoms with Gasteiger partial charge in [-0.15, -0.1) is 0 Å². The maximum absolute atomic E-state index is 11.7. The lowest BCUT2D eigenvalue weighted by molar-refractivity contribution is -0.116. The van der Waals surface area contributed by atoms with Crippen molar-refractivity contribution < 1.29 is 9.53 Å². The summed E-state index contributed by atoms with van der Waals surface area (Å²) in [6, 6.07) is 3.66. The van der Waals surface area contributed by atoms with Crippen molar-refractivity contribution in [3.63, 3.8) is 0 Å². The molecule has 0 radical (unpaired) electrons. The molecule has 1 atom stereocenters. The Labute approximate surface area is 102 Å². The maximum Gasteiger partial charge on any atom is 0.225 e. The van der Waals surface area contributed by atoms with Crippen LogP contribution < -0.4 is 15.8 Å². The maximum atomic E-state index is 11.7. The van der Waals surface area contributed by atoms with Crippen LogP contribution in [0, 0.1) is 13.8 Å². The minimum Gasteiger partial charge on any atom is -0.497 e. The summed E-state index contributed by atoms with van der Waals surface area (Å²) in [6.45, 7) is 5.70. The molecular weight excluding hydrogens is 216 g/mol. The van der Waals surface area contributed by atoms with E-state index in [4.69, 9.17) is 10.5 Å². The summed E-state index contributed by atoms with van der Waals surface area (Å²) in [5.74, 6) is 0.738. The van der Waals surface area contributed by atoms with E-state index in [-0.39, 0.29) is 11.9 Å². The van der Waals surface area contributed by atoms with Gasteiger partial charge >= 0.3 is 0 Å². The average molecular weight is 236 g/mol. The van der Waals surface area contributed by atoms with Gasteiger partial charge in [0, 0.05) is 18.2 Å². The summed E-state index contributed by atoms with van der Waals surface area (Å²) in [5.41, 5.74) is 8.40. The normalized spacial score (nSPS) is 12.1. The smallest absolute Gasteiger partial charge is 0.225 e. The van der Waals surface area contributed by atoms with Crippen LogP contribution in [0.4, 0.5) is 5.69 Å². The van der Waals surface area contributed by atoms with Crippen LogP contribution in [0.15, 0.2) is 12.1 Å². The Morgan fingerprint density at radius 2 is 1.94 bits per heavy atom. The molecule has 0 aromatic heterocycles. The second kappa shape index (κ2) is 5.68. The molecule has 1 amide bonds. The van der Waals surface area contributed by atoms with Gasteiger partial charge in [0.2, 0.25) is 5.91 Å². The van der Waals surface area contributed by atoms with Crippen molar-refractivity contribution in [1.29, 1.82) is 0 Å². The SMILES string of the molecule is COc1cc(C)c(NC(=O)CC(C)N)c(C)c1. The quantitative estimate of drug-likeness (QED) is 0.840. The van der Waals surface area contributed by atoms with E-state index in [1.807, 2.05) is 32.9 Å². The van der Waals surface area contributed by atoms with Crippen LogP contribution in [0.5, 0.6) is 5.75 Å². The van der Waals surface area contributed by atoms with Gasteiger partial charge in [-0.25, -0.2) is 0 Å². The Hall–Kier alpha value is -1.55. The van der Waals surface area contributed by atoms with Crippen molar-refractivity contribution >= 4 is 11.6 Å². The summed E-state index contributed by atoms with van der Waals surface area (Å²) >= 11 is 0. The number of carbonyl (C=O) groups is 1. The van der Waals surface area contributed by atoms with Crippen LogP contribution >= 0.6 is 0 Å². The van der Waals surface area contributed by atoms with Gasteiger partial charge in [-0.2, -0.15) is 0 Å². The zero-order valence-electron chi connectivity index (χ0n) is 10.8. The zero-order valence-corrected chi connectivity index (χ0v) is 10.8. The summed E-state index contributed by atoms with van der Waals surface area (Å²) in [7, 11) is 1.63. The zero-order chi connectivity index (χ0) is 13.0. The minimum atomic E-state index is -0.131. The number of amides is 1. The van der Waals surface area contributed by atoms with Gasteiger partial charge in [-0.05, 0) is 44.0 Å². The molecule has 0 fully saturated rings. The molecule has 1 unspecified atom stereocenters. The van der Waals surface area contributed by atoms with Crippen LogP contribution in [-0.2, 0) is 4.79 Å². The number of anilines is 1. The van der Waals surface area contributed by atoms with Gasteiger partial charge in [-0.3, -0.25) is 4.79 Å². The molecule has 0 aliphatic heterocycles. The fourth-order valence-electron chi connectivity index (χ4n) is 1.72. The van der Waals surface area contributed by atoms with Crippen LogP contribution in [-0.4, -0.2) is 19.1 Å². The van der Waals surface area contributed by atoms with Crippen LogP contribution in [0.2, 0.25) is 0 Å². The number of hydrogen-bond donors (Lipinski definition) is 2. The standard InChI is InChI=1S/C13H20N2O2/c1-8-5-11(17-4)6-9(2)13(8)15-12(16)7-10(3)14/h5-6,10H,7,14H2,1-4H3,(H,15,16). The predicted octanol–water partition coefficient (Wildman–Crippen LogP) is 1.99. The Kier molecular flexibility index (Phi) is 4.52. The third kappa shape index (κ3) is 3.75. The molecular formula is C13H20N2O2. The topological polar surface area (TPSA) is 64.3 Å². The summed E-state index contributed by atoms with van der Waals surface area (Å²) in [5, 5.41) is 2.89. The Balaban J connectivity index is 2.88. The van der Waals surface area contributed by atoms with E-state index in [1.165, 1.54) is 0 Å². The second-order valence-electron chi connectivity index (χ2n) is 4.37. The monoisotopic (exact) mass is 236 g/mol. The van der Waals surface area contributed by atoms with Crippen molar-refractivity contribution in [2.75, 3.05) is 12.4 Å². The highest BCUT2D eigenvalue weighted by molar-refractivity contribution is 5.92. The van der Waals surface area contributed by atoms with E-state index < -0.39 is 0 Å². The number of rotatable bonds is 4. The molecule has 1 aromatic carbocycles. The average Bonchev–Trinajstić information content (AvgIpc) is 2.22. The molecule has 1 aromatic rings. The molecule has 0 aliphatic carbocycles. The largest absolute Gasteiger partial charge is 0.497 e. The minimum absolute atomic E-state index is 0.0589. The Morgan fingerprint density at radius 1 is 1.41 bits per heavy atom. The molecule has 0 spiro atoms. The molecule has 0 heterocycles. The molecule has 0 saturated carbocycles. The van der Waals surface area contributed by atoms with Crippen LogP contribution in [0.25, 0.3) is 0 Å². The van der Waals surface area contributed by atoms with E-state index in [2.05, 4.69) is 5.32 Å². The molecule has 4 nitrogen and oxygen atoms in total. The lowest BCUT2D eigenvalue weighted by Gasteiger charge is -2.14. The molecule has 3 N–H and O–H groups in total. The van der Waals surface area contributed by atoms with Gasteiger partial charge < -0.3 is 15.8 Å². The Bertz CT molecular complexity index is 391. The predicted molar refractivity (Wildman–Crippen MR) is 69.4 cm³/mol. The second-order valence-corrected chi connectivity index (χ2v) is 4.37. The fraction of sp³-hybridized carbons (Fsp3) is 0.462. The highest BCUT2D eigenvalue weighted by Crippen LogP contribution is 2.26. The first-order valence-corrected chi connectivity index (χ1v) is 5.64. The highest BCUT2D eigenvalue weighted by Gasteiger charge is 2.10. The third-order valence-corrected chi connectivity index (χ3v) is 2.51. The summed E-state index contributed by atoms with van der Waals surface area (Å²) in [6.07, 6.45) is 0.324. The van der Waals surface area contributed by atoms with E-state index in [0.29, 0.717) is 6.42 Å². The van der Waals surface area contributed by atoms with Crippen molar-refractivity contribution in [2.45, 2.75) is 33.2 Å². The fourth-order valence-corrected chi connectivity index (χ4v) is 1.72. The van der Waals surface area contributed by atoms with Crippen LogP contribution in [0.1, 0.15) is 24.5 Å². The van der Waals surface area contributed by atoms with Crippen molar-refractivity contribution in [1.82, 2.24) is 0 Å². The number of carbonyl (C=O) groups excluding carboxylic acids is 1. The van der Waals surface area contributed by atoms with E-state index >= 15 is 0 Å². The first-order chi connectivity index (χ1) is 7.93. The summed E-state index contributed by atoms with van der Waals surface area (Å²) < 4.78 is 5.17. The Morgan fingerprint density at radius 3 is 2.35 bits per heavy atom. The number of hydrogen-bond acceptors (Lipinski definition) is 3. The number of nitrogens with one attached hydrogen (secondary N) is 1. The van der Waals surface area contributed by atoms with Gasteiger partial charge in [0.05, 0.1) is 7.11 Å². The van der Waals surface area contributed by atoms with Crippen molar-refractivity contribution in [2.24, 2.45) is 5.73 Å². The highest BCUT2D eigenvalue weighted by atomic mass is 16.5. The molecule has 0 bridgehead atoms. The third-order valence-electron chi connectivity index (χ3n) is 2.51. The van der Waals surface area contributed by atoms with Gasteiger partial charge in [0.15, 0.2) is 0 Å². The van der Waals surface area contributed by atoms with Crippen LogP contribution in [0.3, 0.4) is 0 Å². The van der Waals surface area contributed by atoms with E-state index in [1.54, 1.807) is 7.11 Å². The number of benzene rings is 1. The number of aryl methyl sites for hydroxylation is 2. The lowest BCUT2D eigenvalue weighted by Crippen LogP contribution is -2.24. The number of nitrogens with two attached hydrogens (primary N) is 1. The first-order valence-electron chi connectivity index (χ1n) is 5.64. The lowest BCUT2D eigenvalue weighted by atomic mass is 10.1. The summed E-state index contributed by atoms with van der Waals surface area (Å²) in [4.78, 5) is 11.7. The van der Waals surface area contributed by atoms with E-state index in [0.717, 1.165) is 22.6 Å². The molecule has 17 heavy (non-hydrogen) atoms. The first kappa shape index (κ1) is 13.5. The van der Waals surface area contributed by atoms with Crippen molar-refractivity contribution in [3.8, 4) is 5.75 Å². The number of ether oxygens (including phenoxy) is 1. The van der Waals surface area contributed by atoms with Gasteiger partial charge in [0.1, 0.15) is 5.75 Å². The molecule has 0 aliphatic rings. The molecule has 94 valence electrons. The molecule has 4 heteroatoms. The number of methoxy groups -OCH3 is 1. The van der Waals surface area contributed by atoms with Gasteiger partial charge in [-0.1, -0.05) is 0 Å². The van der Waals surface area contributed by atoms with Gasteiger partial charge in [0.25, 0.3) is 0 Å². The van der Waals surface area contributed by atoms with Crippen molar-refractivity contribution in [3.05, 3.63) is 23.3 Å².